The van der Waals surface area contributed by atoms with Gasteiger partial charge in [-0.1, -0.05) is 26.0 Å². The summed E-state index contributed by atoms with van der Waals surface area (Å²) in [5.41, 5.74) is 2.00. The lowest BCUT2D eigenvalue weighted by Crippen LogP contribution is -2.39. The molecule has 2 rings (SSSR count). The molecule has 0 spiro atoms. The summed E-state index contributed by atoms with van der Waals surface area (Å²) in [6.07, 6.45) is 5.20. The average molecular weight is 388 g/mol. The van der Waals surface area contributed by atoms with Crippen molar-refractivity contribution >= 4 is 17.6 Å². The highest BCUT2D eigenvalue weighted by molar-refractivity contribution is 5.90. The lowest BCUT2D eigenvalue weighted by Gasteiger charge is -2.30. The fourth-order valence-electron chi connectivity index (χ4n) is 3.36. The Labute approximate surface area is 170 Å². The van der Waals surface area contributed by atoms with Crippen LogP contribution < -0.4 is 16.0 Å². The molecule has 0 unspecified atom stereocenters. The van der Waals surface area contributed by atoms with E-state index in [1.54, 1.807) is 7.05 Å². The number of guanidine groups is 1. The fraction of sp³-hybridized carbons (Fsp3) is 0.636. The van der Waals surface area contributed by atoms with E-state index in [0.29, 0.717) is 13.0 Å². The highest BCUT2D eigenvalue weighted by atomic mass is 16.1. The van der Waals surface area contributed by atoms with E-state index in [-0.39, 0.29) is 5.91 Å². The molecule has 0 bridgehead atoms. The molecule has 3 N–H and O–H groups in total. The number of nitrogens with one attached hydrogen (secondary N) is 3. The first-order valence-electron chi connectivity index (χ1n) is 10.7. The number of carbonyl (C=O) groups excluding carboxylic acids is 1. The molecule has 0 aliphatic carbocycles. The van der Waals surface area contributed by atoms with Crippen LogP contribution in [0.3, 0.4) is 0 Å². The maximum atomic E-state index is 11.6. The Balaban J connectivity index is 1.64. The summed E-state index contributed by atoms with van der Waals surface area (Å²) in [5.74, 6) is 1.78. The van der Waals surface area contributed by atoms with E-state index in [2.05, 4.69) is 32.8 Å². The second-order valence-corrected chi connectivity index (χ2v) is 7.73. The SMILES string of the molecule is CCCC(=O)Nc1ccc(CNC(=NC)NCCCN2CCC(C)CC2)cc1. The number of carbonyl (C=O) groups is 1. The first kappa shape index (κ1) is 22.2. The topological polar surface area (TPSA) is 68.8 Å². The van der Waals surface area contributed by atoms with Gasteiger partial charge in [-0.15, -0.1) is 0 Å². The molecule has 28 heavy (non-hydrogen) atoms. The van der Waals surface area contributed by atoms with Crippen LogP contribution in [-0.4, -0.2) is 50.0 Å². The van der Waals surface area contributed by atoms with E-state index in [0.717, 1.165) is 49.1 Å². The number of hydrogen-bond donors (Lipinski definition) is 3. The van der Waals surface area contributed by atoms with Gasteiger partial charge in [0, 0.05) is 32.2 Å². The molecule has 6 nitrogen and oxygen atoms in total. The molecular weight excluding hydrogens is 350 g/mol. The molecule has 1 heterocycles. The molecule has 1 amide bonds. The second-order valence-electron chi connectivity index (χ2n) is 7.73. The Hall–Kier alpha value is -2.08. The van der Waals surface area contributed by atoms with E-state index < -0.39 is 0 Å². The van der Waals surface area contributed by atoms with Gasteiger partial charge >= 0.3 is 0 Å². The zero-order chi connectivity index (χ0) is 20.2. The molecule has 1 saturated heterocycles. The lowest BCUT2D eigenvalue weighted by molar-refractivity contribution is -0.116. The van der Waals surface area contributed by atoms with Crippen molar-refractivity contribution in [3.05, 3.63) is 29.8 Å². The number of amides is 1. The van der Waals surface area contributed by atoms with Crippen LogP contribution in [0, 0.1) is 5.92 Å². The fourth-order valence-corrected chi connectivity index (χ4v) is 3.36. The molecule has 0 atom stereocenters. The Morgan fingerprint density at radius 2 is 1.89 bits per heavy atom. The van der Waals surface area contributed by atoms with E-state index in [1.807, 2.05) is 31.2 Å². The molecule has 0 radical (unpaired) electrons. The van der Waals surface area contributed by atoms with Gasteiger partial charge in [0.25, 0.3) is 0 Å². The number of aliphatic imine (C=N–C) groups is 1. The Kier molecular flexibility index (Phi) is 9.83. The number of nitrogens with zero attached hydrogens (tertiary/aromatic N) is 2. The van der Waals surface area contributed by atoms with Gasteiger partial charge in [-0.25, -0.2) is 0 Å². The van der Waals surface area contributed by atoms with Crippen molar-refractivity contribution in [2.45, 2.75) is 52.5 Å². The predicted molar refractivity (Wildman–Crippen MR) is 118 cm³/mol. The zero-order valence-corrected chi connectivity index (χ0v) is 17.8. The summed E-state index contributed by atoms with van der Waals surface area (Å²) in [6.45, 7) is 9.61. The third-order valence-corrected chi connectivity index (χ3v) is 5.22. The van der Waals surface area contributed by atoms with Gasteiger partial charge < -0.3 is 20.9 Å². The first-order chi connectivity index (χ1) is 13.6. The summed E-state index contributed by atoms with van der Waals surface area (Å²) in [4.78, 5) is 18.5. The lowest BCUT2D eigenvalue weighted by atomic mass is 9.99. The van der Waals surface area contributed by atoms with Crippen LogP contribution in [0.1, 0.15) is 51.5 Å². The summed E-state index contributed by atoms with van der Waals surface area (Å²) in [6, 6.07) is 7.94. The number of hydrogen-bond acceptors (Lipinski definition) is 3. The van der Waals surface area contributed by atoms with Gasteiger partial charge in [0.05, 0.1) is 0 Å². The summed E-state index contributed by atoms with van der Waals surface area (Å²) in [7, 11) is 1.80. The molecule has 1 aliphatic rings. The number of rotatable bonds is 9. The van der Waals surface area contributed by atoms with Crippen LogP contribution in [0.2, 0.25) is 0 Å². The van der Waals surface area contributed by atoms with Gasteiger partial charge in [-0.3, -0.25) is 9.79 Å². The Bertz CT molecular complexity index is 606. The molecule has 1 aliphatic heterocycles. The normalized spacial score (nSPS) is 16.0. The van der Waals surface area contributed by atoms with Crippen molar-refractivity contribution in [1.82, 2.24) is 15.5 Å². The zero-order valence-electron chi connectivity index (χ0n) is 17.8. The molecule has 0 aromatic heterocycles. The Morgan fingerprint density at radius 1 is 1.18 bits per heavy atom. The van der Waals surface area contributed by atoms with Crippen LogP contribution in [0.15, 0.2) is 29.3 Å². The summed E-state index contributed by atoms with van der Waals surface area (Å²) in [5, 5.41) is 9.65. The van der Waals surface area contributed by atoms with Gasteiger partial charge in [-0.05, 0) is 68.9 Å². The maximum Gasteiger partial charge on any atom is 0.224 e. The summed E-state index contributed by atoms with van der Waals surface area (Å²) >= 11 is 0. The smallest absolute Gasteiger partial charge is 0.224 e. The van der Waals surface area contributed by atoms with Crippen LogP contribution >= 0.6 is 0 Å². The third kappa shape index (κ3) is 8.30. The molecular formula is C22H37N5O. The van der Waals surface area contributed by atoms with Crippen molar-refractivity contribution in [3.8, 4) is 0 Å². The largest absolute Gasteiger partial charge is 0.356 e. The van der Waals surface area contributed by atoms with Crippen LogP contribution in [0.4, 0.5) is 5.69 Å². The monoisotopic (exact) mass is 387 g/mol. The second kappa shape index (κ2) is 12.4. The molecule has 6 heteroatoms. The van der Waals surface area contributed by atoms with Crippen molar-refractivity contribution in [1.29, 1.82) is 0 Å². The van der Waals surface area contributed by atoms with Gasteiger partial charge in [0.15, 0.2) is 5.96 Å². The van der Waals surface area contributed by atoms with Gasteiger partial charge in [0.1, 0.15) is 0 Å². The van der Waals surface area contributed by atoms with E-state index in [1.165, 1.54) is 25.9 Å². The molecule has 156 valence electrons. The highest BCUT2D eigenvalue weighted by Crippen LogP contribution is 2.15. The predicted octanol–water partition coefficient (Wildman–Crippen LogP) is 3.21. The number of benzene rings is 1. The minimum absolute atomic E-state index is 0.0667. The van der Waals surface area contributed by atoms with Crippen molar-refractivity contribution < 1.29 is 4.79 Å². The summed E-state index contributed by atoms with van der Waals surface area (Å²) < 4.78 is 0. The number of anilines is 1. The standard InChI is InChI=1S/C22H37N5O/c1-4-6-21(28)26-20-9-7-19(8-10-20)17-25-22(23-3)24-13-5-14-27-15-11-18(2)12-16-27/h7-10,18H,4-6,11-17H2,1-3H3,(H,26,28)(H2,23,24,25). The van der Waals surface area contributed by atoms with Crippen molar-refractivity contribution in [3.63, 3.8) is 0 Å². The van der Waals surface area contributed by atoms with Gasteiger partial charge in [-0.2, -0.15) is 0 Å². The number of likely N-dealkylation sites (tertiary alicyclic amines) is 1. The van der Waals surface area contributed by atoms with Crippen molar-refractivity contribution in [2.24, 2.45) is 10.9 Å². The van der Waals surface area contributed by atoms with Crippen LogP contribution in [0.25, 0.3) is 0 Å². The maximum absolute atomic E-state index is 11.6. The highest BCUT2D eigenvalue weighted by Gasteiger charge is 2.14. The minimum atomic E-state index is 0.0667. The van der Waals surface area contributed by atoms with E-state index >= 15 is 0 Å². The Morgan fingerprint density at radius 3 is 2.54 bits per heavy atom. The van der Waals surface area contributed by atoms with E-state index in [9.17, 15) is 4.79 Å². The molecule has 1 fully saturated rings. The van der Waals surface area contributed by atoms with Gasteiger partial charge in [0.2, 0.25) is 5.91 Å². The third-order valence-electron chi connectivity index (χ3n) is 5.22. The average Bonchev–Trinajstić information content (AvgIpc) is 2.70. The molecule has 0 saturated carbocycles. The minimum Gasteiger partial charge on any atom is -0.356 e. The van der Waals surface area contributed by atoms with Crippen LogP contribution in [0.5, 0.6) is 0 Å². The molecule has 1 aromatic carbocycles. The van der Waals surface area contributed by atoms with Crippen LogP contribution in [-0.2, 0) is 11.3 Å². The molecule has 1 aromatic rings. The first-order valence-corrected chi connectivity index (χ1v) is 10.7. The number of piperidine rings is 1. The van der Waals surface area contributed by atoms with E-state index in [4.69, 9.17) is 0 Å². The van der Waals surface area contributed by atoms with Crippen molar-refractivity contribution in [2.75, 3.05) is 38.5 Å². The quantitative estimate of drug-likeness (QED) is 0.346.